The van der Waals surface area contributed by atoms with Gasteiger partial charge in [0.15, 0.2) is 0 Å². The van der Waals surface area contributed by atoms with Gasteiger partial charge in [-0.2, -0.15) is 0 Å². The van der Waals surface area contributed by atoms with Gasteiger partial charge in [0.05, 0.1) is 10.7 Å². The lowest BCUT2D eigenvalue weighted by Gasteiger charge is -2.06. The van der Waals surface area contributed by atoms with Gasteiger partial charge in [0.1, 0.15) is 0 Å². The molecule has 0 aliphatic heterocycles. The maximum Gasteiger partial charge on any atom is 0.0648 e. The molecule has 1 aromatic carbocycles. The third-order valence-electron chi connectivity index (χ3n) is 1.52. The first-order chi connectivity index (χ1) is 6.24. The standard InChI is InChI=1S/C10H9ClIN/c1-2-3-6-13-10-5-4-8(12)7-9(10)11/h1,4-5,7,13H,3,6H2. The molecule has 1 N–H and O–H groups in total. The van der Waals surface area contributed by atoms with E-state index in [9.17, 15) is 0 Å². The average Bonchev–Trinajstić information content (AvgIpc) is 2.09. The highest BCUT2D eigenvalue weighted by molar-refractivity contribution is 14.1. The van der Waals surface area contributed by atoms with Gasteiger partial charge in [0.2, 0.25) is 0 Å². The lowest BCUT2D eigenvalue weighted by molar-refractivity contribution is 1.10. The number of hydrogen-bond donors (Lipinski definition) is 1. The van der Waals surface area contributed by atoms with Gasteiger partial charge in [0.25, 0.3) is 0 Å². The van der Waals surface area contributed by atoms with Crippen LogP contribution in [0.1, 0.15) is 6.42 Å². The molecule has 0 amide bonds. The Labute approximate surface area is 97.0 Å². The van der Waals surface area contributed by atoms with Gasteiger partial charge in [-0.1, -0.05) is 11.6 Å². The molecule has 0 atom stereocenters. The third kappa shape index (κ3) is 3.45. The molecule has 1 aromatic rings. The van der Waals surface area contributed by atoms with E-state index < -0.39 is 0 Å². The van der Waals surface area contributed by atoms with Gasteiger partial charge in [-0.05, 0) is 40.8 Å². The minimum Gasteiger partial charge on any atom is -0.383 e. The van der Waals surface area contributed by atoms with Crippen LogP contribution in [-0.4, -0.2) is 6.54 Å². The van der Waals surface area contributed by atoms with Crippen LogP contribution < -0.4 is 5.32 Å². The predicted molar refractivity (Wildman–Crippen MR) is 66.1 cm³/mol. The normalized spacial score (nSPS) is 9.31. The van der Waals surface area contributed by atoms with E-state index in [1.807, 2.05) is 18.2 Å². The summed E-state index contributed by atoms with van der Waals surface area (Å²) in [5.41, 5.74) is 0.942. The summed E-state index contributed by atoms with van der Waals surface area (Å²) in [6.45, 7) is 0.761. The molecule has 0 aliphatic carbocycles. The van der Waals surface area contributed by atoms with Gasteiger partial charge in [0, 0.05) is 16.5 Å². The predicted octanol–water partition coefficient (Wildman–Crippen LogP) is 3.38. The van der Waals surface area contributed by atoms with Gasteiger partial charge in [-0.25, -0.2) is 0 Å². The number of anilines is 1. The minimum atomic E-state index is 0.711. The molecule has 3 heteroatoms. The van der Waals surface area contributed by atoms with Crippen molar-refractivity contribution in [3.63, 3.8) is 0 Å². The number of nitrogens with one attached hydrogen (secondary N) is 1. The molecule has 0 heterocycles. The molecule has 0 radical (unpaired) electrons. The monoisotopic (exact) mass is 305 g/mol. The van der Waals surface area contributed by atoms with E-state index in [1.54, 1.807) is 0 Å². The van der Waals surface area contributed by atoms with Crippen molar-refractivity contribution in [2.75, 3.05) is 11.9 Å². The van der Waals surface area contributed by atoms with Crippen LogP contribution in [-0.2, 0) is 0 Å². The zero-order valence-electron chi connectivity index (χ0n) is 6.98. The number of halogens is 2. The van der Waals surface area contributed by atoms with Crippen LogP contribution in [0.25, 0.3) is 0 Å². The second kappa shape index (κ2) is 5.36. The van der Waals surface area contributed by atoms with Crippen LogP contribution in [0.15, 0.2) is 18.2 Å². The molecule has 68 valence electrons. The quantitative estimate of drug-likeness (QED) is 0.513. The number of rotatable bonds is 3. The first-order valence-corrected chi connectivity index (χ1v) is 5.32. The molecular weight excluding hydrogens is 296 g/mol. The summed E-state index contributed by atoms with van der Waals surface area (Å²) in [6, 6.07) is 5.88. The molecule has 0 unspecified atom stereocenters. The highest BCUT2D eigenvalue weighted by Gasteiger charge is 1.98. The second-order valence-corrected chi connectivity index (χ2v) is 4.16. The lowest BCUT2D eigenvalue weighted by Crippen LogP contribution is -2.00. The van der Waals surface area contributed by atoms with Crippen LogP contribution >= 0.6 is 34.2 Å². The highest BCUT2D eigenvalue weighted by Crippen LogP contribution is 2.23. The van der Waals surface area contributed by atoms with Crippen LogP contribution in [0.5, 0.6) is 0 Å². The molecule has 13 heavy (non-hydrogen) atoms. The maximum absolute atomic E-state index is 5.99. The van der Waals surface area contributed by atoms with Crippen molar-refractivity contribution in [3.05, 3.63) is 26.8 Å². The molecule has 0 bridgehead atoms. The Morgan fingerprint density at radius 3 is 2.92 bits per heavy atom. The zero-order chi connectivity index (χ0) is 9.68. The van der Waals surface area contributed by atoms with Gasteiger partial charge >= 0.3 is 0 Å². The smallest absolute Gasteiger partial charge is 0.0648 e. The summed E-state index contributed by atoms with van der Waals surface area (Å²) in [5.74, 6) is 2.56. The Bertz CT molecular complexity index is 330. The van der Waals surface area contributed by atoms with E-state index in [0.717, 1.165) is 20.8 Å². The summed E-state index contributed by atoms with van der Waals surface area (Å²) in [4.78, 5) is 0. The van der Waals surface area contributed by atoms with Crippen LogP contribution in [0.3, 0.4) is 0 Å². The molecule has 0 fully saturated rings. The summed E-state index contributed by atoms with van der Waals surface area (Å²) in [5, 5.41) is 3.90. The highest BCUT2D eigenvalue weighted by atomic mass is 127. The zero-order valence-corrected chi connectivity index (χ0v) is 9.89. The van der Waals surface area contributed by atoms with Crippen molar-refractivity contribution < 1.29 is 0 Å². The van der Waals surface area contributed by atoms with E-state index in [-0.39, 0.29) is 0 Å². The van der Waals surface area contributed by atoms with E-state index in [2.05, 4.69) is 33.8 Å². The van der Waals surface area contributed by atoms with Crippen LogP contribution in [0, 0.1) is 15.9 Å². The molecular formula is C10H9ClIN. The number of benzene rings is 1. The first kappa shape index (κ1) is 10.7. The van der Waals surface area contributed by atoms with Gasteiger partial charge in [-0.15, -0.1) is 12.3 Å². The number of terminal acetylenes is 1. The number of hydrogen-bond acceptors (Lipinski definition) is 1. The van der Waals surface area contributed by atoms with Gasteiger partial charge in [-0.3, -0.25) is 0 Å². The van der Waals surface area contributed by atoms with Crippen molar-refractivity contribution in [1.29, 1.82) is 0 Å². The maximum atomic E-state index is 5.99. The summed E-state index contributed by atoms with van der Waals surface area (Å²) in [6.07, 6.45) is 5.84. The van der Waals surface area contributed by atoms with E-state index in [0.29, 0.717) is 6.42 Å². The molecule has 0 saturated carbocycles. The Morgan fingerprint density at radius 1 is 1.54 bits per heavy atom. The molecule has 0 aliphatic rings. The molecule has 1 nitrogen and oxygen atoms in total. The molecule has 1 rings (SSSR count). The van der Waals surface area contributed by atoms with Crippen LogP contribution in [0.4, 0.5) is 5.69 Å². The fourth-order valence-electron chi connectivity index (χ4n) is 0.902. The molecule has 0 aromatic heterocycles. The first-order valence-electron chi connectivity index (χ1n) is 3.86. The van der Waals surface area contributed by atoms with Crippen molar-refractivity contribution >= 4 is 39.9 Å². The van der Waals surface area contributed by atoms with E-state index in [1.165, 1.54) is 0 Å². The summed E-state index contributed by atoms with van der Waals surface area (Å²) < 4.78 is 1.13. The lowest BCUT2D eigenvalue weighted by atomic mass is 10.3. The van der Waals surface area contributed by atoms with Crippen molar-refractivity contribution in [1.82, 2.24) is 0 Å². The minimum absolute atomic E-state index is 0.711. The third-order valence-corrected chi connectivity index (χ3v) is 2.50. The van der Waals surface area contributed by atoms with Crippen LogP contribution in [0.2, 0.25) is 5.02 Å². The summed E-state index contributed by atoms with van der Waals surface area (Å²) >= 11 is 8.21. The molecule has 0 spiro atoms. The SMILES string of the molecule is C#CCCNc1ccc(I)cc1Cl. The largest absolute Gasteiger partial charge is 0.383 e. The van der Waals surface area contributed by atoms with Crippen molar-refractivity contribution in [2.45, 2.75) is 6.42 Å². The van der Waals surface area contributed by atoms with E-state index in [4.69, 9.17) is 18.0 Å². The summed E-state index contributed by atoms with van der Waals surface area (Å²) in [7, 11) is 0. The van der Waals surface area contributed by atoms with Gasteiger partial charge < -0.3 is 5.32 Å². The fourth-order valence-corrected chi connectivity index (χ4v) is 1.82. The Morgan fingerprint density at radius 2 is 2.31 bits per heavy atom. The van der Waals surface area contributed by atoms with Crippen molar-refractivity contribution in [3.8, 4) is 12.3 Å². The fraction of sp³-hybridized carbons (Fsp3) is 0.200. The topological polar surface area (TPSA) is 12.0 Å². The Kier molecular flexibility index (Phi) is 4.40. The van der Waals surface area contributed by atoms with E-state index >= 15 is 0 Å². The Hall–Kier alpha value is -0.400. The average molecular weight is 306 g/mol. The Balaban J connectivity index is 2.62. The van der Waals surface area contributed by atoms with Crippen molar-refractivity contribution in [2.24, 2.45) is 0 Å². The second-order valence-electron chi connectivity index (χ2n) is 2.51. The molecule has 0 saturated heterocycles.